The van der Waals surface area contributed by atoms with E-state index in [0.29, 0.717) is 26.0 Å². The van der Waals surface area contributed by atoms with Crippen LogP contribution in [0, 0.1) is 0 Å². The molecule has 7 heteroatoms. The van der Waals surface area contributed by atoms with Gasteiger partial charge < -0.3 is 19.3 Å². The molecule has 0 saturated carbocycles. The lowest BCUT2D eigenvalue weighted by Crippen LogP contribution is -2.45. The van der Waals surface area contributed by atoms with Crippen LogP contribution < -0.4 is 0 Å². The molecule has 0 bridgehead atoms. The van der Waals surface area contributed by atoms with Gasteiger partial charge in [-0.2, -0.15) is 0 Å². The average molecular weight is 346 g/mol. The summed E-state index contributed by atoms with van der Waals surface area (Å²) >= 11 is 0. The van der Waals surface area contributed by atoms with Crippen molar-refractivity contribution in [2.75, 3.05) is 39.9 Å². The summed E-state index contributed by atoms with van der Waals surface area (Å²) in [6.07, 6.45) is 1.33. The van der Waals surface area contributed by atoms with Crippen LogP contribution in [0.15, 0.2) is 0 Å². The van der Waals surface area contributed by atoms with Crippen LogP contribution >= 0.6 is 0 Å². The van der Waals surface area contributed by atoms with Crippen LogP contribution in [0.5, 0.6) is 0 Å². The fraction of sp³-hybridized carbons (Fsp3) is 0.882. The number of hydrogen-bond donors (Lipinski definition) is 0. The van der Waals surface area contributed by atoms with Gasteiger partial charge in [-0.1, -0.05) is 0 Å². The summed E-state index contributed by atoms with van der Waals surface area (Å²) in [6, 6.07) is 0. The van der Waals surface area contributed by atoms with Crippen LogP contribution in [-0.2, 0) is 14.3 Å². The molecule has 140 valence electrons. The van der Waals surface area contributed by atoms with Gasteiger partial charge in [0.15, 0.2) is 0 Å². The molecule has 0 radical (unpaired) electrons. The summed E-state index contributed by atoms with van der Waals surface area (Å²) in [6.45, 7) is 7.86. The van der Waals surface area contributed by atoms with Gasteiger partial charge in [-0.3, -0.25) is 4.79 Å². The fourth-order valence-corrected chi connectivity index (χ4v) is 2.62. The van der Waals surface area contributed by atoms with E-state index >= 15 is 0 Å². The summed E-state index contributed by atoms with van der Waals surface area (Å²) in [5.41, 5.74) is -2.29. The molecule has 2 amide bonds. The highest BCUT2D eigenvalue weighted by Gasteiger charge is 2.37. The highest BCUT2D eigenvalue weighted by Crippen LogP contribution is 2.21. The number of nitrogens with zero attached hydrogens (tertiary/aromatic N) is 2. The lowest BCUT2D eigenvalue weighted by molar-refractivity contribution is -0.132. The van der Waals surface area contributed by atoms with Crippen LogP contribution in [0.1, 0.15) is 47.0 Å². The van der Waals surface area contributed by atoms with Gasteiger partial charge >= 0.3 is 6.09 Å². The second-order valence-corrected chi connectivity index (χ2v) is 7.58. The molecule has 0 aromatic heterocycles. The first kappa shape index (κ1) is 20.7. The molecule has 0 aromatic carbocycles. The van der Waals surface area contributed by atoms with Crippen molar-refractivity contribution in [1.82, 2.24) is 9.80 Å². The van der Waals surface area contributed by atoms with Gasteiger partial charge in [-0.05, 0) is 40.5 Å². The molecule has 1 rings (SSSR count). The number of halogens is 1. The number of rotatable bonds is 5. The molecule has 0 aliphatic carbocycles. The SMILES string of the molecule is COCCCCC(=O)N1CCN(C(=O)OC(C)(C)C)CC(C)(F)C1. The van der Waals surface area contributed by atoms with E-state index < -0.39 is 17.4 Å². The smallest absolute Gasteiger partial charge is 0.410 e. The number of carbonyl (C=O) groups is 2. The van der Waals surface area contributed by atoms with Crippen molar-refractivity contribution >= 4 is 12.0 Å². The number of hydrogen-bond acceptors (Lipinski definition) is 4. The van der Waals surface area contributed by atoms with E-state index in [1.54, 1.807) is 27.9 Å². The number of unbranched alkanes of at least 4 members (excludes halogenated alkanes) is 1. The third-order valence-corrected chi connectivity index (χ3v) is 3.67. The number of methoxy groups -OCH3 is 1. The molecular formula is C17H31FN2O4. The van der Waals surface area contributed by atoms with Gasteiger partial charge in [0.2, 0.25) is 5.91 Å². The van der Waals surface area contributed by atoms with Crippen LogP contribution in [0.4, 0.5) is 9.18 Å². The Morgan fingerprint density at radius 1 is 1.12 bits per heavy atom. The fourth-order valence-electron chi connectivity index (χ4n) is 2.62. The third kappa shape index (κ3) is 7.47. The molecule has 6 nitrogen and oxygen atoms in total. The largest absolute Gasteiger partial charge is 0.444 e. The van der Waals surface area contributed by atoms with Gasteiger partial charge in [0.05, 0.1) is 13.1 Å². The summed E-state index contributed by atoms with van der Waals surface area (Å²) < 4.78 is 25.0. The molecule has 1 heterocycles. The van der Waals surface area contributed by atoms with Crippen LogP contribution in [0.3, 0.4) is 0 Å². The van der Waals surface area contributed by atoms with E-state index in [1.165, 1.54) is 16.7 Å². The highest BCUT2D eigenvalue weighted by molar-refractivity contribution is 5.76. The Hall–Kier alpha value is -1.37. The zero-order chi connectivity index (χ0) is 18.4. The monoisotopic (exact) mass is 346 g/mol. The molecule has 1 unspecified atom stereocenters. The lowest BCUT2D eigenvalue weighted by atomic mass is 10.1. The number of amides is 2. The zero-order valence-corrected chi connectivity index (χ0v) is 15.6. The van der Waals surface area contributed by atoms with Crippen molar-refractivity contribution in [3.8, 4) is 0 Å². The molecule has 1 saturated heterocycles. The topological polar surface area (TPSA) is 59.1 Å². The maximum absolute atomic E-state index is 14.8. The standard InChI is InChI=1S/C17H31FN2O4/c1-16(2,3)24-15(22)20-10-9-19(12-17(4,18)13-20)14(21)8-6-7-11-23-5/h6-13H2,1-5H3. The van der Waals surface area contributed by atoms with Gasteiger partial charge in [0.25, 0.3) is 0 Å². The quantitative estimate of drug-likeness (QED) is 0.718. The van der Waals surface area contributed by atoms with Crippen LogP contribution in [0.25, 0.3) is 0 Å². The Balaban J connectivity index is 2.63. The minimum atomic E-state index is -1.66. The maximum Gasteiger partial charge on any atom is 0.410 e. The van der Waals surface area contributed by atoms with E-state index in [9.17, 15) is 14.0 Å². The zero-order valence-electron chi connectivity index (χ0n) is 15.6. The molecule has 0 N–H and O–H groups in total. The predicted octanol–water partition coefficient (Wildman–Crippen LogP) is 2.61. The van der Waals surface area contributed by atoms with Crippen molar-refractivity contribution in [2.24, 2.45) is 0 Å². The van der Waals surface area contributed by atoms with Crippen molar-refractivity contribution < 1.29 is 23.5 Å². The predicted molar refractivity (Wildman–Crippen MR) is 89.6 cm³/mol. The molecular weight excluding hydrogens is 315 g/mol. The lowest BCUT2D eigenvalue weighted by Gasteiger charge is -2.29. The third-order valence-electron chi connectivity index (χ3n) is 3.67. The molecule has 1 aliphatic heterocycles. The molecule has 0 spiro atoms. The van der Waals surface area contributed by atoms with E-state index in [1.807, 2.05) is 0 Å². The van der Waals surface area contributed by atoms with Crippen molar-refractivity contribution in [3.05, 3.63) is 0 Å². The Kier molecular flexibility index (Phi) is 7.45. The van der Waals surface area contributed by atoms with Gasteiger partial charge in [0.1, 0.15) is 11.3 Å². The van der Waals surface area contributed by atoms with Crippen LogP contribution in [-0.4, -0.2) is 73.0 Å². The van der Waals surface area contributed by atoms with Gasteiger partial charge in [0, 0.05) is 33.2 Å². The summed E-state index contributed by atoms with van der Waals surface area (Å²) in [5.74, 6) is -0.0824. The summed E-state index contributed by atoms with van der Waals surface area (Å²) in [5, 5.41) is 0. The number of ether oxygens (including phenoxy) is 2. The molecule has 1 aliphatic rings. The Bertz CT molecular complexity index is 435. The van der Waals surface area contributed by atoms with Gasteiger partial charge in [-0.15, -0.1) is 0 Å². The Morgan fingerprint density at radius 3 is 2.29 bits per heavy atom. The molecule has 0 aromatic rings. The first-order valence-electron chi connectivity index (χ1n) is 8.48. The average Bonchev–Trinajstić information content (AvgIpc) is 2.60. The van der Waals surface area contributed by atoms with Crippen molar-refractivity contribution in [3.63, 3.8) is 0 Å². The summed E-state index contributed by atoms with van der Waals surface area (Å²) in [4.78, 5) is 27.3. The molecule has 24 heavy (non-hydrogen) atoms. The normalized spacial score (nSPS) is 22.2. The van der Waals surface area contributed by atoms with Crippen molar-refractivity contribution in [2.45, 2.75) is 58.2 Å². The Labute approximate surface area is 144 Å². The molecule has 1 atom stereocenters. The highest BCUT2D eigenvalue weighted by atomic mass is 19.1. The van der Waals surface area contributed by atoms with Crippen LogP contribution in [0.2, 0.25) is 0 Å². The summed E-state index contributed by atoms with van der Waals surface area (Å²) in [7, 11) is 1.62. The first-order valence-corrected chi connectivity index (χ1v) is 8.48. The second-order valence-electron chi connectivity index (χ2n) is 7.58. The van der Waals surface area contributed by atoms with E-state index in [4.69, 9.17) is 9.47 Å². The molecule has 1 fully saturated rings. The van der Waals surface area contributed by atoms with E-state index in [-0.39, 0.29) is 25.5 Å². The van der Waals surface area contributed by atoms with E-state index in [0.717, 1.165) is 6.42 Å². The number of carbonyl (C=O) groups excluding carboxylic acids is 2. The minimum Gasteiger partial charge on any atom is -0.444 e. The number of alkyl halides is 1. The maximum atomic E-state index is 14.8. The van der Waals surface area contributed by atoms with Gasteiger partial charge in [-0.25, -0.2) is 9.18 Å². The minimum absolute atomic E-state index is 0.00455. The van der Waals surface area contributed by atoms with E-state index in [2.05, 4.69) is 0 Å². The first-order chi connectivity index (χ1) is 11.0. The second kappa shape index (κ2) is 8.65. The Morgan fingerprint density at radius 2 is 1.71 bits per heavy atom. The van der Waals surface area contributed by atoms with Crippen molar-refractivity contribution in [1.29, 1.82) is 0 Å².